The van der Waals surface area contributed by atoms with E-state index in [-0.39, 0.29) is 5.56 Å². The van der Waals surface area contributed by atoms with E-state index < -0.39 is 17.7 Å². The number of rotatable bonds is 3. The Morgan fingerprint density at radius 3 is 2.61 bits per heavy atom. The topological polar surface area (TPSA) is 29.5 Å². The molecule has 0 saturated heterocycles. The first-order valence-electron chi connectivity index (χ1n) is 5.39. The number of hydrogen-bond donors (Lipinski definition) is 1. The van der Waals surface area contributed by atoms with Crippen LogP contribution in [0, 0.1) is 11.6 Å². The lowest BCUT2D eigenvalue weighted by Gasteiger charge is -2.13. The van der Waals surface area contributed by atoms with E-state index in [1.165, 1.54) is 7.11 Å². The molecule has 0 aromatic heterocycles. The zero-order valence-corrected chi connectivity index (χ0v) is 9.73. The van der Waals surface area contributed by atoms with Crippen LogP contribution in [-0.2, 0) is 0 Å². The molecule has 2 aromatic carbocycles. The number of halogens is 2. The molecular weight excluding hydrogens is 238 g/mol. The van der Waals surface area contributed by atoms with Crippen LogP contribution in [0.5, 0.6) is 5.75 Å². The predicted octanol–water partition coefficient (Wildman–Crippen LogP) is 3.06. The van der Waals surface area contributed by atoms with Crippen molar-refractivity contribution in [2.45, 2.75) is 6.10 Å². The minimum atomic E-state index is -1.23. The Balaban J connectivity index is 2.40. The quantitative estimate of drug-likeness (QED) is 0.907. The number of methoxy groups -OCH3 is 1. The van der Waals surface area contributed by atoms with Crippen molar-refractivity contribution in [3.8, 4) is 5.75 Å². The van der Waals surface area contributed by atoms with Crippen LogP contribution in [0.25, 0.3) is 0 Å². The van der Waals surface area contributed by atoms with Crippen LogP contribution < -0.4 is 4.74 Å². The van der Waals surface area contributed by atoms with Crippen molar-refractivity contribution in [1.29, 1.82) is 0 Å². The molecule has 2 aromatic rings. The lowest BCUT2D eigenvalue weighted by atomic mass is 10.0. The molecule has 0 aliphatic heterocycles. The first-order valence-corrected chi connectivity index (χ1v) is 5.39. The van der Waals surface area contributed by atoms with E-state index >= 15 is 0 Å². The lowest BCUT2D eigenvalue weighted by Crippen LogP contribution is -2.03. The first-order chi connectivity index (χ1) is 8.61. The second-order valence-corrected chi connectivity index (χ2v) is 3.84. The summed E-state index contributed by atoms with van der Waals surface area (Å²) in [5.74, 6) is -0.691. The smallest absolute Gasteiger partial charge is 0.129 e. The Bertz CT molecular complexity index is 555. The van der Waals surface area contributed by atoms with E-state index in [9.17, 15) is 13.9 Å². The van der Waals surface area contributed by atoms with Gasteiger partial charge in [0.15, 0.2) is 0 Å². The molecule has 4 heteroatoms. The van der Waals surface area contributed by atoms with Crippen LogP contribution >= 0.6 is 0 Å². The summed E-state index contributed by atoms with van der Waals surface area (Å²) in [5.41, 5.74) is 0.349. The summed E-state index contributed by atoms with van der Waals surface area (Å²) in [6.45, 7) is 0. The zero-order chi connectivity index (χ0) is 13.1. The van der Waals surface area contributed by atoms with Gasteiger partial charge in [-0.2, -0.15) is 0 Å². The average molecular weight is 250 g/mol. The Morgan fingerprint density at radius 2 is 1.89 bits per heavy atom. The van der Waals surface area contributed by atoms with Crippen molar-refractivity contribution < 1.29 is 18.6 Å². The monoisotopic (exact) mass is 250 g/mol. The first kappa shape index (κ1) is 12.5. The largest absolute Gasteiger partial charge is 0.497 e. The van der Waals surface area contributed by atoms with E-state index in [1.807, 2.05) is 0 Å². The van der Waals surface area contributed by atoms with Crippen molar-refractivity contribution in [1.82, 2.24) is 0 Å². The maximum atomic E-state index is 13.5. The molecule has 2 rings (SSSR count). The fourth-order valence-corrected chi connectivity index (χ4v) is 1.72. The average Bonchev–Trinajstić information content (AvgIpc) is 2.41. The van der Waals surface area contributed by atoms with E-state index in [4.69, 9.17) is 4.74 Å². The Hall–Kier alpha value is -1.94. The van der Waals surface area contributed by atoms with Crippen molar-refractivity contribution in [2.24, 2.45) is 0 Å². The van der Waals surface area contributed by atoms with Gasteiger partial charge in [0.05, 0.1) is 7.11 Å². The van der Waals surface area contributed by atoms with Crippen LogP contribution in [0.3, 0.4) is 0 Å². The maximum Gasteiger partial charge on any atom is 0.129 e. The van der Waals surface area contributed by atoms with Gasteiger partial charge in [-0.1, -0.05) is 12.1 Å². The number of aliphatic hydroxyl groups is 1. The van der Waals surface area contributed by atoms with Gasteiger partial charge in [-0.3, -0.25) is 0 Å². The maximum absolute atomic E-state index is 13.5. The molecule has 1 N–H and O–H groups in total. The van der Waals surface area contributed by atoms with E-state index in [1.54, 1.807) is 24.3 Å². The number of ether oxygens (including phenoxy) is 1. The molecule has 0 amide bonds. The molecular formula is C14H12F2O2. The third-order valence-electron chi connectivity index (χ3n) is 2.66. The molecule has 0 aliphatic carbocycles. The molecule has 0 saturated carbocycles. The van der Waals surface area contributed by atoms with Gasteiger partial charge < -0.3 is 9.84 Å². The SMILES string of the molecule is COc1cccc(C(O)c2cc(F)ccc2F)c1. The van der Waals surface area contributed by atoms with Crippen molar-refractivity contribution in [3.05, 3.63) is 65.2 Å². The van der Waals surface area contributed by atoms with Gasteiger partial charge in [-0.05, 0) is 35.9 Å². The summed E-state index contributed by atoms with van der Waals surface area (Å²) < 4.78 is 31.6. The van der Waals surface area contributed by atoms with Crippen LogP contribution in [0.4, 0.5) is 8.78 Å². The second kappa shape index (κ2) is 5.14. The van der Waals surface area contributed by atoms with Gasteiger partial charge in [-0.25, -0.2) is 8.78 Å². The normalized spacial score (nSPS) is 12.2. The number of aliphatic hydroxyl groups excluding tert-OH is 1. The molecule has 0 spiro atoms. The zero-order valence-electron chi connectivity index (χ0n) is 9.73. The third-order valence-corrected chi connectivity index (χ3v) is 2.66. The highest BCUT2D eigenvalue weighted by atomic mass is 19.1. The molecule has 18 heavy (non-hydrogen) atoms. The molecule has 0 fully saturated rings. The van der Waals surface area contributed by atoms with Crippen molar-refractivity contribution in [2.75, 3.05) is 7.11 Å². The van der Waals surface area contributed by atoms with Gasteiger partial charge in [0.2, 0.25) is 0 Å². The van der Waals surface area contributed by atoms with Crippen LogP contribution in [-0.4, -0.2) is 12.2 Å². The summed E-state index contributed by atoms with van der Waals surface area (Å²) in [7, 11) is 1.49. The highest BCUT2D eigenvalue weighted by Gasteiger charge is 2.16. The fourth-order valence-electron chi connectivity index (χ4n) is 1.72. The van der Waals surface area contributed by atoms with Crippen LogP contribution in [0.1, 0.15) is 17.2 Å². The van der Waals surface area contributed by atoms with E-state index in [2.05, 4.69) is 0 Å². The van der Waals surface area contributed by atoms with E-state index in [0.29, 0.717) is 11.3 Å². The molecule has 0 radical (unpaired) electrons. The fraction of sp³-hybridized carbons (Fsp3) is 0.143. The molecule has 1 unspecified atom stereocenters. The Labute approximate surface area is 103 Å². The molecule has 0 bridgehead atoms. The second-order valence-electron chi connectivity index (χ2n) is 3.84. The van der Waals surface area contributed by atoms with E-state index in [0.717, 1.165) is 18.2 Å². The molecule has 0 heterocycles. The standard InChI is InChI=1S/C14H12F2O2/c1-18-11-4-2-3-9(7-11)14(17)12-8-10(15)5-6-13(12)16/h2-8,14,17H,1H3. The van der Waals surface area contributed by atoms with Crippen molar-refractivity contribution in [3.63, 3.8) is 0 Å². The van der Waals surface area contributed by atoms with Gasteiger partial charge >= 0.3 is 0 Å². The molecule has 2 nitrogen and oxygen atoms in total. The summed E-state index contributed by atoms with van der Waals surface area (Å²) in [6.07, 6.45) is -1.23. The summed E-state index contributed by atoms with van der Waals surface area (Å²) in [5, 5.41) is 10.1. The Morgan fingerprint density at radius 1 is 1.11 bits per heavy atom. The number of hydrogen-bond acceptors (Lipinski definition) is 2. The summed E-state index contributed by atoms with van der Waals surface area (Å²) in [4.78, 5) is 0. The van der Waals surface area contributed by atoms with Gasteiger partial charge in [-0.15, -0.1) is 0 Å². The summed E-state index contributed by atoms with van der Waals surface area (Å²) >= 11 is 0. The summed E-state index contributed by atoms with van der Waals surface area (Å²) in [6, 6.07) is 9.57. The Kier molecular flexibility index (Phi) is 3.58. The minimum Gasteiger partial charge on any atom is -0.497 e. The molecule has 94 valence electrons. The van der Waals surface area contributed by atoms with Crippen LogP contribution in [0.2, 0.25) is 0 Å². The highest BCUT2D eigenvalue weighted by molar-refractivity contribution is 5.35. The van der Waals surface area contributed by atoms with Gasteiger partial charge in [0.25, 0.3) is 0 Å². The lowest BCUT2D eigenvalue weighted by molar-refractivity contribution is 0.214. The van der Waals surface area contributed by atoms with Crippen LogP contribution in [0.15, 0.2) is 42.5 Å². The van der Waals surface area contributed by atoms with Gasteiger partial charge in [0.1, 0.15) is 23.5 Å². The minimum absolute atomic E-state index is 0.0942. The highest BCUT2D eigenvalue weighted by Crippen LogP contribution is 2.27. The number of benzene rings is 2. The van der Waals surface area contributed by atoms with Crippen molar-refractivity contribution >= 4 is 0 Å². The molecule has 1 atom stereocenters. The predicted molar refractivity (Wildman–Crippen MR) is 63.4 cm³/mol. The van der Waals surface area contributed by atoms with Gasteiger partial charge in [0, 0.05) is 5.56 Å². The molecule has 0 aliphatic rings. The third kappa shape index (κ3) is 2.49.